The van der Waals surface area contributed by atoms with Gasteiger partial charge >= 0.3 is 0 Å². The molecule has 1 atom stereocenters. The largest absolute Gasteiger partial charge is 0.309 e. The molecule has 0 aliphatic carbocycles. The highest BCUT2D eigenvalue weighted by atomic mass is 79.9. The summed E-state index contributed by atoms with van der Waals surface area (Å²) in [6.07, 6.45) is 0. The monoisotopic (exact) mass is 377 g/mol. The third-order valence-corrected chi connectivity index (χ3v) is 4.98. The number of benzene rings is 1. The van der Waals surface area contributed by atoms with Gasteiger partial charge in [0.2, 0.25) is 0 Å². The molecule has 0 radical (unpaired) electrons. The van der Waals surface area contributed by atoms with E-state index in [-0.39, 0.29) is 11.9 Å². The van der Waals surface area contributed by atoms with Crippen LogP contribution in [0.3, 0.4) is 0 Å². The number of halogens is 3. The molecule has 0 fully saturated rings. The number of hydrogen-bond donors (Lipinski definition) is 1. The van der Waals surface area contributed by atoms with Crippen LogP contribution >= 0.6 is 43.2 Å². The highest BCUT2D eigenvalue weighted by Crippen LogP contribution is 2.34. The minimum Gasteiger partial charge on any atom is -0.309 e. The molecule has 1 nitrogen and oxygen atoms in total. The summed E-state index contributed by atoms with van der Waals surface area (Å²) in [5.41, 5.74) is 2.01. The van der Waals surface area contributed by atoms with E-state index in [1.807, 2.05) is 12.4 Å². The topological polar surface area (TPSA) is 12.0 Å². The highest BCUT2D eigenvalue weighted by molar-refractivity contribution is 9.10. The molecule has 1 N–H and O–H groups in total. The van der Waals surface area contributed by atoms with Crippen LogP contribution in [0.25, 0.3) is 0 Å². The van der Waals surface area contributed by atoms with Crippen LogP contribution in [0.5, 0.6) is 0 Å². The molecule has 90 valence electrons. The lowest BCUT2D eigenvalue weighted by Gasteiger charge is -2.18. The van der Waals surface area contributed by atoms with Gasteiger partial charge in [-0.2, -0.15) is 11.3 Å². The standard InChI is InChI=1S/C12H10Br2FNS/c1-16-12(9-5-17-6-11(9)14)8-4-7(15)2-3-10(8)13/h2-6,12,16H,1H3. The second kappa shape index (κ2) is 5.61. The van der Waals surface area contributed by atoms with E-state index in [0.717, 1.165) is 20.1 Å². The molecule has 1 aromatic heterocycles. The fourth-order valence-electron chi connectivity index (χ4n) is 1.71. The molecule has 5 heteroatoms. The number of nitrogens with one attached hydrogen (secondary N) is 1. The van der Waals surface area contributed by atoms with Gasteiger partial charge in [0.05, 0.1) is 6.04 Å². The normalized spacial score (nSPS) is 12.7. The maximum absolute atomic E-state index is 13.3. The molecule has 0 aliphatic rings. The molecule has 1 heterocycles. The van der Waals surface area contributed by atoms with Crippen LogP contribution in [0.15, 0.2) is 37.9 Å². The van der Waals surface area contributed by atoms with Crippen molar-refractivity contribution in [2.24, 2.45) is 0 Å². The van der Waals surface area contributed by atoms with E-state index in [0.29, 0.717) is 0 Å². The van der Waals surface area contributed by atoms with Crippen LogP contribution in [-0.4, -0.2) is 7.05 Å². The molecular weight excluding hydrogens is 369 g/mol. The van der Waals surface area contributed by atoms with Crippen molar-refractivity contribution in [3.63, 3.8) is 0 Å². The molecule has 0 saturated carbocycles. The van der Waals surface area contributed by atoms with E-state index < -0.39 is 0 Å². The van der Waals surface area contributed by atoms with Crippen LogP contribution in [0.2, 0.25) is 0 Å². The summed E-state index contributed by atoms with van der Waals surface area (Å²) < 4.78 is 15.3. The van der Waals surface area contributed by atoms with Crippen LogP contribution < -0.4 is 5.32 Å². The summed E-state index contributed by atoms with van der Waals surface area (Å²) in [5, 5.41) is 7.29. The molecule has 0 amide bonds. The Morgan fingerprint density at radius 2 is 1.94 bits per heavy atom. The molecule has 0 bridgehead atoms. The average molecular weight is 379 g/mol. The predicted molar refractivity (Wildman–Crippen MR) is 77.0 cm³/mol. The van der Waals surface area contributed by atoms with E-state index in [4.69, 9.17) is 0 Å². The Balaban J connectivity index is 2.49. The van der Waals surface area contributed by atoms with E-state index in [1.54, 1.807) is 23.5 Å². The van der Waals surface area contributed by atoms with Gasteiger partial charge in [0.15, 0.2) is 0 Å². The van der Waals surface area contributed by atoms with Gasteiger partial charge in [-0.15, -0.1) is 0 Å². The Morgan fingerprint density at radius 3 is 2.53 bits per heavy atom. The van der Waals surface area contributed by atoms with Crippen molar-refractivity contribution in [2.75, 3.05) is 7.05 Å². The zero-order valence-corrected chi connectivity index (χ0v) is 13.0. The zero-order chi connectivity index (χ0) is 12.4. The number of thiophene rings is 1. The molecule has 1 aromatic carbocycles. The highest BCUT2D eigenvalue weighted by Gasteiger charge is 2.18. The van der Waals surface area contributed by atoms with Crippen molar-refractivity contribution >= 4 is 43.2 Å². The first-order valence-electron chi connectivity index (χ1n) is 4.97. The molecular formula is C12H10Br2FNS. The lowest BCUT2D eigenvalue weighted by molar-refractivity contribution is 0.615. The van der Waals surface area contributed by atoms with Gasteiger partial charge in [-0.05, 0) is 57.7 Å². The van der Waals surface area contributed by atoms with Gasteiger partial charge < -0.3 is 5.32 Å². The van der Waals surface area contributed by atoms with Crippen LogP contribution in [0, 0.1) is 5.82 Å². The smallest absolute Gasteiger partial charge is 0.123 e. The van der Waals surface area contributed by atoms with Gasteiger partial charge in [0, 0.05) is 14.3 Å². The third kappa shape index (κ3) is 2.78. The first-order chi connectivity index (χ1) is 8.13. The van der Waals surface area contributed by atoms with E-state index in [2.05, 4.69) is 42.6 Å². The summed E-state index contributed by atoms with van der Waals surface area (Å²) >= 11 is 8.59. The summed E-state index contributed by atoms with van der Waals surface area (Å²) in [4.78, 5) is 0. The van der Waals surface area contributed by atoms with E-state index >= 15 is 0 Å². The number of rotatable bonds is 3. The minimum absolute atomic E-state index is 0.0271. The average Bonchev–Trinajstić information content (AvgIpc) is 2.71. The van der Waals surface area contributed by atoms with Crippen molar-refractivity contribution in [2.45, 2.75) is 6.04 Å². The van der Waals surface area contributed by atoms with Crippen LogP contribution in [0.1, 0.15) is 17.2 Å². The second-order valence-corrected chi connectivity index (χ2v) is 6.01. The quantitative estimate of drug-likeness (QED) is 0.814. The Morgan fingerprint density at radius 1 is 1.18 bits per heavy atom. The van der Waals surface area contributed by atoms with Crippen LogP contribution in [-0.2, 0) is 0 Å². The van der Waals surface area contributed by atoms with Gasteiger partial charge in [-0.25, -0.2) is 4.39 Å². The van der Waals surface area contributed by atoms with E-state index in [9.17, 15) is 4.39 Å². The van der Waals surface area contributed by atoms with Gasteiger partial charge in [-0.3, -0.25) is 0 Å². The minimum atomic E-state index is -0.227. The maximum atomic E-state index is 13.3. The second-order valence-electron chi connectivity index (χ2n) is 3.56. The summed E-state index contributed by atoms with van der Waals surface area (Å²) in [7, 11) is 1.87. The lowest BCUT2D eigenvalue weighted by atomic mass is 10.0. The molecule has 0 aliphatic heterocycles. The SMILES string of the molecule is CNC(c1cscc1Br)c1cc(F)ccc1Br. The Bertz CT molecular complexity index is 527. The summed E-state index contributed by atoms with van der Waals surface area (Å²) in [6, 6.07) is 4.70. The zero-order valence-electron chi connectivity index (χ0n) is 9.01. The summed E-state index contributed by atoms with van der Waals surface area (Å²) in [6.45, 7) is 0. The van der Waals surface area contributed by atoms with Gasteiger partial charge in [0.1, 0.15) is 5.82 Å². The van der Waals surface area contributed by atoms with Crippen molar-refractivity contribution in [3.8, 4) is 0 Å². The molecule has 0 saturated heterocycles. The summed E-state index contributed by atoms with van der Waals surface area (Å²) in [5.74, 6) is -0.227. The predicted octanol–water partition coefficient (Wildman–Crippen LogP) is 4.72. The third-order valence-electron chi connectivity index (χ3n) is 2.51. The molecule has 2 rings (SSSR count). The number of hydrogen-bond acceptors (Lipinski definition) is 2. The lowest BCUT2D eigenvalue weighted by Crippen LogP contribution is -2.18. The molecule has 1 unspecified atom stereocenters. The fraction of sp³-hybridized carbons (Fsp3) is 0.167. The molecule has 17 heavy (non-hydrogen) atoms. The Labute approximate surface area is 120 Å². The Kier molecular flexibility index (Phi) is 4.36. The fourth-order valence-corrected chi connectivity index (χ4v) is 3.74. The molecule has 0 spiro atoms. The maximum Gasteiger partial charge on any atom is 0.123 e. The van der Waals surface area contributed by atoms with E-state index in [1.165, 1.54) is 6.07 Å². The van der Waals surface area contributed by atoms with Gasteiger partial charge in [0.25, 0.3) is 0 Å². The van der Waals surface area contributed by atoms with Gasteiger partial charge in [-0.1, -0.05) is 15.9 Å². The van der Waals surface area contributed by atoms with Crippen molar-refractivity contribution in [1.82, 2.24) is 5.32 Å². The first-order valence-corrected chi connectivity index (χ1v) is 7.50. The first kappa shape index (κ1) is 13.2. The van der Waals surface area contributed by atoms with Crippen molar-refractivity contribution in [1.29, 1.82) is 0 Å². The Hall–Kier alpha value is -0.230. The van der Waals surface area contributed by atoms with Crippen molar-refractivity contribution in [3.05, 3.63) is 54.8 Å². The van der Waals surface area contributed by atoms with Crippen LogP contribution in [0.4, 0.5) is 4.39 Å². The van der Waals surface area contributed by atoms with Crippen molar-refractivity contribution < 1.29 is 4.39 Å². The molecule has 2 aromatic rings.